The van der Waals surface area contributed by atoms with E-state index in [1.165, 1.54) is 37.4 Å². The van der Waals surface area contributed by atoms with Gasteiger partial charge >= 0.3 is 0 Å². The SMILES string of the molecule is CCCCSC(C=O)C(SCCCC(=O)COCCOCC(C)=O)C(C)=O. The summed E-state index contributed by atoms with van der Waals surface area (Å²) < 4.78 is 10.2. The summed E-state index contributed by atoms with van der Waals surface area (Å²) in [5.74, 6) is 1.47. The van der Waals surface area contributed by atoms with Crippen LogP contribution in [0.2, 0.25) is 0 Å². The summed E-state index contributed by atoms with van der Waals surface area (Å²) in [7, 11) is 0. The first-order chi connectivity index (χ1) is 12.9. The molecule has 27 heavy (non-hydrogen) atoms. The van der Waals surface area contributed by atoms with Crippen LogP contribution in [0.1, 0.15) is 46.5 Å². The van der Waals surface area contributed by atoms with Crippen molar-refractivity contribution in [2.75, 3.05) is 37.9 Å². The Bertz CT molecular complexity index is 455. The predicted octanol–water partition coefficient (Wildman–Crippen LogP) is 2.75. The van der Waals surface area contributed by atoms with Crippen LogP contribution in [-0.4, -0.2) is 72.1 Å². The van der Waals surface area contributed by atoms with Crippen molar-refractivity contribution in [2.45, 2.75) is 57.0 Å². The van der Waals surface area contributed by atoms with Gasteiger partial charge in [0.1, 0.15) is 25.3 Å². The smallest absolute Gasteiger partial charge is 0.158 e. The maximum absolute atomic E-state index is 11.9. The van der Waals surface area contributed by atoms with E-state index >= 15 is 0 Å². The highest BCUT2D eigenvalue weighted by Crippen LogP contribution is 2.26. The zero-order valence-electron chi connectivity index (χ0n) is 16.6. The van der Waals surface area contributed by atoms with Crippen molar-refractivity contribution < 1.29 is 28.7 Å². The zero-order chi connectivity index (χ0) is 20.5. The van der Waals surface area contributed by atoms with E-state index in [0.29, 0.717) is 18.6 Å². The Morgan fingerprint density at radius 3 is 2.15 bits per heavy atom. The van der Waals surface area contributed by atoms with Gasteiger partial charge in [-0.2, -0.15) is 0 Å². The van der Waals surface area contributed by atoms with Crippen LogP contribution in [0, 0.1) is 0 Å². The summed E-state index contributed by atoms with van der Waals surface area (Å²) in [5, 5.41) is -0.678. The fourth-order valence-corrected chi connectivity index (χ4v) is 4.77. The first-order valence-corrected chi connectivity index (χ1v) is 11.4. The van der Waals surface area contributed by atoms with Crippen molar-refractivity contribution in [2.24, 2.45) is 0 Å². The van der Waals surface area contributed by atoms with Crippen LogP contribution in [0.4, 0.5) is 0 Å². The molecule has 0 saturated carbocycles. The highest BCUT2D eigenvalue weighted by atomic mass is 32.2. The van der Waals surface area contributed by atoms with E-state index in [2.05, 4.69) is 6.92 Å². The highest BCUT2D eigenvalue weighted by Gasteiger charge is 2.25. The molecule has 2 atom stereocenters. The Morgan fingerprint density at radius 2 is 1.59 bits per heavy atom. The zero-order valence-corrected chi connectivity index (χ0v) is 18.2. The van der Waals surface area contributed by atoms with Crippen molar-refractivity contribution in [3.05, 3.63) is 0 Å². The van der Waals surface area contributed by atoms with Crippen molar-refractivity contribution >= 4 is 47.2 Å². The fourth-order valence-electron chi connectivity index (χ4n) is 2.08. The molecule has 0 aromatic heterocycles. The number of thioether (sulfide) groups is 2. The molecule has 0 rings (SSSR count). The molecule has 0 fully saturated rings. The minimum atomic E-state index is -0.353. The minimum absolute atomic E-state index is 0.00122. The molecule has 0 N–H and O–H groups in total. The summed E-state index contributed by atoms with van der Waals surface area (Å²) in [5.41, 5.74) is 0. The first-order valence-electron chi connectivity index (χ1n) is 9.27. The van der Waals surface area contributed by atoms with E-state index in [-0.39, 0.29) is 54.3 Å². The molecule has 0 aromatic rings. The molecule has 8 heteroatoms. The third kappa shape index (κ3) is 15.0. The number of ketones is 3. The number of aldehydes is 1. The van der Waals surface area contributed by atoms with E-state index in [0.717, 1.165) is 24.9 Å². The molecule has 156 valence electrons. The molecule has 0 spiro atoms. The van der Waals surface area contributed by atoms with Gasteiger partial charge in [0, 0.05) is 6.42 Å². The van der Waals surface area contributed by atoms with E-state index in [1.807, 2.05) is 0 Å². The van der Waals surface area contributed by atoms with E-state index in [1.54, 1.807) is 0 Å². The van der Waals surface area contributed by atoms with Crippen LogP contribution < -0.4 is 0 Å². The largest absolute Gasteiger partial charge is 0.371 e. The maximum Gasteiger partial charge on any atom is 0.158 e. The van der Waals surface area contributed by atoms with Gasteiger partial charge in [0.15, 0.2) is 11.6 Å². The second-order valence-electron chi connectivity index (χ2n) is 6.18. The summed E-state index contributed by atoms with van der Waals surface area (Å²) in [6, 6.07) is 0. The molecule has 0 amide bonds. The lowest BCUT2D eigenvalue weighted by Gasteiger charge is -2.19. The third-order valence-electron chi connectivity index (χ3n) is 3.48. The lowest BCUT2D eigenvalue weighted by atomic mass is 10.2. The van der Waals surface area contributed by atoms with Crippen LogP contribution in [0.25, 0.3) is 0 Å². The molecule has 0 aromatic carbocycles. The summed E-state index contributed by atoms with van der Waals surface area (Å²) >= 11 is 2.99. The molecule has 0 saturated heterocycles. The lowest BCUT2D eigenvalue weighted by molar-refractivity contribution is -0.126. The molecular formula is C19H32O6S2. The molecule has 0 aliphatic heterocycles. The Kier molecular flexibility index (Phi) is 17.0. The van der Waals surface area contributed by atoms with Gasteiger partial charge in [-0.25, -0.2) is 0 Å². The highest BCUT2D eigenvalue weighted by molar-refractivity contribution is 8.04. The van der Waals surface area contributed by atoms with Crippen LogP contribution in [0.15, 0.2) is 0 Å². The van der Waals surface area contributed by atoms with Crippen LogP contribution >= 0.6 is 23.5 Å². The standard InChI is InChI=1S/C19H32O6S2/c1-4-5-10-26-18(12-20)19(16(3)22)27-11-6-7-17(23)14-25-9-8-24-13-15(2)21/h12,18-19H,4-11,13-14H2,1-3H3. The molecule has 0 aliphatic carbocycles. The number of carbonyl (C=O) groups excluding carboxylic acids is 4. The number of rotatable bonds is 19. The Morgan fingerprint density at radius 1 is 0.963 bits per heavy atom. The molecule has 0 aliphatic rings. The van der Waals surface area contributed by atoms with Crippen LogP contribution in [0.5, 0.6) is 0 Å². The molecule has 2 unspecified atom stereocenters. The van der Waals surface area contributed by atoms with Gasteiger partial charge < -0.3 is 14.3 Å². The van der Waals surface area contributed by atoms with Crippen molar-refractivity contribution in [3.63, 3.8) is 0 Å². The molecular weight excluding hydrogens is 388 g/mol. The number of Topliss-reactive ketones (excluding diaryl/α,β-unsaturated/α-hetero) is 3. The quantitative estimate of drug-likeness (QED) is 0.233. The summed E-state index contributed by atoms with van der Waals surface area (Å²) in [6.45, 7) is 5.69. The Balaban J connectivity index is 3.95. The summed E-state index contributed by atoms with van der Waals surface area (Å²) in [4.78, 5) is 45.6. The van der Waals surface area contributed by atoms with Gasteiger partial charge in [0.05, 0.1) is 23.7 Å². The van der Waals surface area contributed by atoms with Crippen molar-refractivity contribution in [1.29, 1.82) is 0 Å². The average molecular weight is 421 g/mol. The molecule has 0 radical (unpaired) electrons. The Labute approximate surface area is 170 Å². The third-order valence-corrected chi connectivity index (χ3v) is 6.45. The van der Waals surface area contributed by atoms with Crippen molar-refractivity contribution in [3.8, 4) is 0 Å². The summed E-state index contributed by atoms with van der Waals surface area (Å²) in [6.07, 6.45) is 3.97. The average Bonchev–Trinajstić information content (AvgIpc) is 2.62. The van der Waals surface area contributed by atoms with Crippen molar-refractivity contribution in [1.82, 2.24) is 0 Å². The maximum atomic E-state index is 11.9. The number of hydrogen-bond donors (Lipinski definition) is 0. The number of hydrogen-bond acceptors (Lipinski definition) is 8. The van der Waals surface area contributed by atoms with Gasteiger partial charge in [0.25, 0.3) is 0 Å². The molecule has 0 bridgehead atoms. The number of unbranched alkanes of at least 4 members (excludes halogenated alkanes) is 1. The molecule has 6 nitrogen and oxygen atoms in total. The van der Waals surface area contributed by atoms with Gasteiger partial charge in [-0.15, -0.1) is 23.5 Å². The number of ether oxygens (including phenoxy) is 2. The normalized spacial score (nSPS) is 13.1. The number of carbonyl (C=O) groups is 4. The van der Waals surface area contributed by atoms with Gasteiger partial charge in [0.2, 0.25) is 0 Å². The van der Waals surface area contributed by atoms with Crippen LogP contribution in [0.3, 0.4) is 0 Å². The lowest BCUT2D eigenvalue weighted by Crippen LogP contribution is -2.29. The second-order valence-corrected chi connectivity index (χ2v) is 8.71. The minimum Gasteiger partial charge on any atom is -0.371 e. The van der Waals surface area contributed by atoms with Gasteiger partial charge in [-0.3, -0.25) is 14.4 Å². The predicted molar refractivity (Wildman–Crippen MR) is 111 cm³/mol. The Hall–Kier alpha value is -0.700. The monoisotopic (exact) mass is 420 g/mol. The second kappa shape index (κ2) is 17.4. The van der Waals surface area contributed by atoms with E-state index in [4.69, 9.17) is 9.47 Å². The first kappa shape index (κ1) is 26.3. The molecule has 0 heterocycles. The van der Waals surface area contributed by atoms with Crippen LogP contribution in [-0.2, 0) is 28.7 Å². The van der Waals surface area contributed by atoms with Gasteiger partial charge in [-0.1, -0.05) is 13.3 Å². The topological polar surface area (TPSA) is 86.7 Å². The van der Waals surface area contributed by atoms with E-state index in [9.17, 15) is 19.2 Å². The fraction of sp³-hybridized carbons (Fsp3) is 0.789. The van der Waals surface area contributed by atoms with Gasteiger partial charge in [-0.05, 0) is 38.2 Å². The van der Waals surface area contributed by atoms with E-state index < -0.39 is 0 Å².